The van der Waals surface area contributed by atoms with E-state index in [1.807, 2.05) is 0 Å². The van der Waals surface area contributed by atoms with Crippen molar-refractivity contribution in [2.24, 2.45) is 0 Å². The molecule has 2 N–H and O–H groups in total. The third kappa shape index (κ3) is 3.84. The van der Waals surface area contributed by atoms with Crippen LogP contribution >= 0.6 is 11.8 Å². The first-order valence-corrected chi connectivity index (χ1v) is 8.98. The van der Waals surface area contributed by atoms with Crippen molar-refractivity contribution in [3.63, 3.8) is 0 Å². The van der Waals surface area contributed by atoms with Crippen LogP contribution in [0.4, 0.5) is 18.9 Å². The van der Waals surface area contributed by atoms with Gasteiger partial charge in [0.1, 0.15) is 0 Å². The van der Waals surface area contributed by atoms with Crippen LogP contribution in [0.3, 0.4) is 0 Å². The van der Waals surface area contributed by atoms with Crippen molar-refractivity contribution in [1.82, 2.24) is 0 Å². The summed E-state index contributed by atoms with van der Waals surface area (Å²) in [6, 6.07) is 9.08. The Morgan fingerprint density at radius 3 is 2.64 bits per heavy atom. The molecule has 2 aromatic carbocycles. The lowest BCUT2D eigenvalue weighted by molar-refractivity contribution is -0.137. The van der Waals surface area contributed by atoms with Gasteiger partial charge in [-0.3, -0.25) is 15.1 Å². The highest BCUT2D eigenvalue weighted by molar-refractivity contribution is 8.19. The van der Waals surface area contributed by atoms with Crippen LogP contribution in [0.15, 0.2) is 47.4 Å². The lowest BCUT2D eigenvalue weighted by atomic mass is 10.1. The van der Waals surface area contributed by atoms with Gasteiger partial charge in [-0.2, -0.15) is 13.2 Å². The van der Waals surface area contributed by atoms with Crippen LogP contribution in [0.1, 0.15) is 18.1 Å². The largest absolute Gasteiger partial charge is 0.504 e. The third-order valence-electron chi connectivity index (χ3n) is 3.86. The van der Waals surface area contributed by atoms with Gasteiger partial charge in [-0.1, -0.05) is 18.2 Å². The van der Waals surface area contributed by atoms with Gasteiger partial charge in [-0.25, -0.2) is 0 Å². The molecule has 0 aromatic heterocycles. The summed E-state index contributed by atoms with van der Waals surface area (Å²) in [6.45, 7) is 2.08. The number of anilines is 1. The monoisotopic (exact) mass is 408 g/mol. The van der Waals surface area contributed by atoms with E-state index in [0.29, 0.717) is 12.2 Å². The van der Waals surface area contributed by atoms with Gasteiger partial charge in [-0.15, -0.1) is 0 Å². The second-order valence-electron chi connectivity index (χ2n) is 5.73. The molecule has 146 valence electrons. The average Bonchev–Trinajstić information content (AvgIpc) is 2.91. The Balaban J connectivity index is 1.98. The van der Waals surface area contributed by atoms with Crippen molar-refractivity contribution in [2.45, 2.75) is 13.1 Å². The molecular weight excluding hydrogens is 393 g/mol. The quantitative estimate of drug-likeness (QED) is 0.709. The minimum absolute atomic E-state index is 0.0668. The minimum Gasteiger partial charge on any atom is -0.504 e. The number of nitrogens with zero attached hydrogens (tertiary/aromatic N) is 1. The summed E-state index contributed by atoms with van der Waals surface area (Å²) < 4.78 is 45.1. The summed E-state index contributed by atoms with van der Waals surface area (Å²) in [6.07, 6.45) is -3.21. The van der Waals surface area contributed by atoms with Crippen LogP contribution in [-0.4, -0.2) is 22.8 Å². The number of rotatable bonds is 4. The number of amides is 1. The number of aromatic hydroxyl groups is 1. The number of hydrogen-bond donors (Lipinski definition) is 2. The lowest BCUT2D eigenvalue weighted by Crippen LogP contribution is -2.30. The minimum atomic E-state index is -4.66. The van der Waals surface area contributed by atoms with E-state index in [-0.39, 0.29) is 27.3 Å². The molecule has 2 aromatic rings. The number of benzene rings is 2. The van der Waals surface area contributed by atoms with E-state index in [9.17, 15) is 23.1 Å². The molecule has 28 heavy (non-hydrogen) atoms. The second-order valence-corrected chi connectivity index (χ2v) is 6.76. The zero-order valence-electron chi connectivity index (χ0n) is 14.6. The van der Waals surface area contributed by atoms with Gasteiger partial charge in [0.05, 0.1) is 22.8 Å². The number of hydrogen-bond acceptors (Lipinski definition) is 5. The molecule has 1 heterocycles. The van der Waals surface area contributed by atoms with Crippen LogP contribution in [0, 0.1) is 5.41 Å². The summed E-state index contributed by atoms with van der Waals surface area (Å²) in [5.41, 5.74) is -0.865. The van der Waals surface area contributed by atoms with Crippen LogP contribution in [0.25, 0.3) is 6.08 Å². The van der Waals surface area contributed by atoms with Gasteiger partial charge in [0, 0.05) is 0 Å². The Hall–Kier alpha value is -2.94. The van der Waals surface area contributed by atoms with Crippen molar-refractivity contribution < 1.29 is 27.8 Å². The maximum absolute atomic E-state index is 13.3. The summed E-state index contributed by atoms with van der Waals surface area (Å²) >= 11 is 0.764. The molecule has 0 aliphatic carbocycles. The Morgan fingerprint density at radius 1 is 1.25 bits per heavy atom. The molecule has 0 spiro atoms. The predicted molar refractivity (Wildman–Crippen MR) is 102 cm³/mol. The van der Waals surface area contributed by atoms with Crippen LogP contribution in [-0.2, 0) is 11.0 Å². The molecule has 1 fully saturated rings. The fourth-order valence-corrected chi connectivity index (χ4v) is 3.51. The molecule has 0 unspecified atom stereocenters. The number of nitrogens with one attached hydrogen (secondary N) is 1. The van der Waals surface area contributed by atoms with Gasteiger partial charge in [0.15, 0.2) is 16.7 Å². The summed E-state index contributed by atoms with van der Waals surface area (Å²) in [5, 5.41) is 17.4. The Bertz CT molecular complexity index is 973. The molecule has 1 amide bonds. The molecule has 5 nitrogen and oxygen atoms in total. The predicted octanol–water partition coefficient (Wildman–Crippen LogP) is 4.87. The number of carbonyl (C=O) groups excluding carboxylic acids is 1. The van der Waals surface area contributed by atoms with Crippen molar-refractivity contribution in [1.29, 1.82) is 5.41 Å². The summed E-state index contributed by atoms with van der Waals surface area (Å²) in [4.78, 5) is 13.6. The summed E-state index contributed by atoms with van der Waals surface area (Å²) in [7, 11) is 0. The van der Waals surface area contributed by atoms with Crippen LogP contribution in [0.5, 0.6) is 11.5 Å². The maximum Gasteiger partial charge on any atom is 0.418 e. The number of amidine groups is 1. The summed E-state index contributed by atoms with van der Waals surface area (Å²) in [5.74, 6) is -0.567. The first kappa shape index (κ1) is 19.8. The third-order valence-corrected chi connectivity index (χ3v) is 4.74. The topological polar surface area (TPSA) is 73.6 Å². The Kier molecular flexibility index (Phi) is 5.37. The fraction of sp³-hybridized carbons (Fsp3) is 0.158. The van der Waals surface area contributed by atoms with E-state index >= 15 is 0 Å². The molecular formula is C19H15F3N2O3S. The molecule has 0 atom stereocenters. The highest BCUT2D eigenvalue weighted by Crippen LogP contribution is 2.42. The highest BCUT2D eigenvalue weighted by Gasteiger charge is 2.40. The first-order valence-electron chi connectivity index (χ1n) is 8.17. The van der Waals surface area contributed by atoms with Crippen LogP contribution < -0.4 is 9.64 Å². The molecule has 0 radical (unpaired) electrons. The standard InChI is InChI=1S/C19H15F3N2O3S/c1-2-27-15-9-11(7-8-14(15)25)10-16-17(26)24(18(23)28-16)13-6-4-3-5-12(13)19(20,21)22/h3-10,23,25H,2H2,1H3/b16-10-,23-18?. The number of carbonyl (C=O) groups is 1. The average molecular weight is 408 g/mol. The molecule has 1 aliphatic rings. The maximum atomic E-state index is 13.3. The number of alkyl halides is 3. The fourth-order valence-electron chi connectivity index (χ4n) is 2.66. The number of halogens is 3. The lowest BCUT2D eigenvalue weighted by Gasteiger charge is -2.19. The van der Waals surface area contributed by atoms with Crippen molar-refractivity contribution in [3.05, 3.63) is 58.5 Å². The Labute approximate surface area is 162 Å². The van der Waals surface area contributed by atoms with E-state index in [4.69, 9.17) is 10.1 Å². The molecule has 3 rings (SSSR count). The van der Waals surface area contributed by atoms with E-state index in [0.717, 1.165) is 28.8 Å². The van der Waals surface area contributed by atoms with Gasteiger partial charge in [0.25, 0.3) is 5.91 Å². The Morgan fingerprint density at radius 2 is 1.96 bits per heavy atom. The highest BCUT2D eigenvalue weighted by atomic mass is 32.2. The second kappa shape index (κ2) is 7.59. The van der Waals surface area contributed by atoms with Gasteiger partial charge in [-0.05, 0) is 54.6 Å². The van der Waals surface area contributed by atoms with E-state index in [1.54, 1.807) is 6.92 Å². The van der Waals surface area contributed by atoms with Crippen molar-refractivity contribution >= 4 is 34.6 Å². The van der Waals surface area contributed by atoms with Crippen molar-refractivity contribution in [3.8, 4) is 11.5 Å². The zero-order chi connectivity index (χ0) is 20.5. The normalized spacial score (nSPS) is 16.1. The number of thioether (sulfide) groups is 1. The molecule has 9 heteroatoms. The first-order chi connectivity index (χ1) is 13.2. The number of para-hydroxylation sites is 1. The zero-order valence-corrected chi connectivity index (χ0v) is 15.4. The number of phenolic OH excluding ortho intramolecular Hbond substituents is 1. The number of phenols is 1. The van der Waals surface area contributed by atoms with Crippen LogP contribution in [0.2, 0.25) is 0 Å². The molecule has 0 saturated carbocycles. The molecule has 1 aliphatic heterocycles. The van der Waals surface area contributed by atoms with E-state index in [2.05, 4.69) is 0 Å². The van der Waals surface area contributed by atoms with Gasteiger partial charge >= 0.3 is 6.18 Å². The van der Waals surface area contributed by atoms with E-state index < -0.39 is 17.6 Å². The molecule has 0 bridgehead atoms. The van der Waals surface area contributed by atoms with Gasteiger partial charge < -0.3 is 9.84 Å². The smallest absolute Gasteiger partial charge is 0.418 e. The molecule has 1 saturated heterocycles. The van der Waals surface area contributed by atoms with Gasteiger partial charge in [0.2, 0.25) is 0 Å². The van der Waals surface area contributed by atoms with Crippen molar-refractivity contribution in [2.75, 3.05) is 11.5 Å². The van der Waals surface area contributed by atoms with E-state index in [1.165, 1.54) is 36.4 Å². The SMILES string of the molecule is CCOc1cc(/C=C2\SC(=N)N(c3ccccc3C(F)(F)F)C2=O)ccc1O. The number of ether oxygens (including phenoxy) is 1.